The highest BCUT2D eigenvalue weighted by atomic mass is 35.5. The van der Waals surface area contributed by atoms with Crippen molar-refractivity contribution in [3.05, 3.63) is 166 Å². The van der Waals surface area contributed by atoms with Crippen LogP contribution in [-0.4, -0.2) is 9.13 Å². The lowest BCUT2D eigenvalue weighted by Crippen LogP contribution is -2.38. The molecule has 0 spiro atoms. The van der Waals surface area contributed by atoms with E-state index in [2.05, 4.69) is 59.3 Å². The van der Waals surface area contributed by atoms with Gasteiger partial charge in [0.2, 0.25) is 0 Å². The van der Waals surface area contributed by atoms with Gasteiger partial charge in [-0.15, -0.1) is 0 Å². The largest absolute Gasteiger partial charge is 0.342 e. The Morgan fingerprint density at radius 3 is 2.56 bits per heavy atom. The van der Waals surface area contributed by atoms with Crippen LogP contribution in [0, 0.1) is 0 Å². The van der Waals surface area contributed by atoms with Crippen molar-refractivity contribution in [3.8, 4) is 0 Å². The molecule has 1 atom stereocenters. The van der Waals surface area contributed by atoms with E-state index in [1.54, 1.807) is 6.07 Å². The molecule has 7 heteroatoms. The molecule has 0 saturated heterocycles. The van der Waals surface area contributed by atoms with Crippen LogP contribution in [-0.2, 0) is 13.0 Å². The lowest BCUT2D eigenvalue weighted by molar-refractivity contribution is 0.585. The fourth-order valence-electron chi connectivity index (χ4n) is 6.45. The molecule has 0 bridgehead atoms. The van der Waals surface area contributed by atoms with Gasteiger partial charge in [0, 0.05) is 44.8 Å². The standard InChI is InChI=1S/C36H25Cl2N3OS/c37-26-16-14-24(30(38)19-26)20-40-21-25(27-11-6-7-13-31(27)40)18-32-35(42)41-34(23-9-2-1-3-10-23)29-17-15-22-8-4-5-12-28(22)33(29)39-36(41)43-32/h1-14,16,18-19,21,34H,15,17,20H2/b32-18-/t34-/m0/s1. The third-order valence-electron chi connectivity index (χ3n) is 8.45. The molecule has 3 heterocycles. The number of benzene rings is 4. The summed E-state index contributed by atoms with van der Waals surface area (Å²) in [7, 11) is 0. The zero-order valence-electron chi connectivity index (χ0n) is 23.0. The Morgan fingerprint density at radius 1 is 0.907 bits per heavy atom. The molecule has 0 radical (unpaired) electrons. The third-order valence-corrected chi connectivity index (χ3v) is 10.0. The van der Waals surface area contributed by atoms with Gasteiger partial charge in [-0.3, -0.25) is 9.36 Å². The molecule has 0 N–H and O–H groups in total. The first-order valence-corrected chi connectivity index (χ1v) is 15.8. The maximum absolute atomic E-state index is 14.3. The fraction of sp³-hybridized carbons (Fsp3) is 0.111. The topological polar surface area (TPSA) is 39.3 Å². The van der Waals surface area contributed by atoms with Crippen molar-refractivity contribution in [1.82, 2.24) is 9.13 Å². The van der Waals surface area contributed by atoms with E-state index in [4.69, 9.17) is 28.2 Å². The SMILES string of the molecule is O=c1/c(=C/c2cn(Cc3ccc(Cl)cc3Cl)c3ccccc23)sc2n1[C@@H](c1ccccc1)C1=C(N=2)c2ccccc2CC1. The molecule has 6 aromatic rings. The van der Waals surface area contributed by atoms with E-state index in [1.807, 2.05) is 53.1 Å². The quantitative estimate of drug-likeness (QED) is 0.200. The second-order valence-electron chi connectivity index (χ2n) is 11.0. The number of halogens is 2. The van der Waals surface area contributed by atoms with Gasteiger partial charge < -0.3 is 4.57 Å². The van der Waals surface area contributed by atoms with Gasteiger partial charge >= 0.3 is 0 Å². The Bertz CT molecular complexity index is 2280. The Balaban J connectivity index is 1.31. The maximum Gasteiger partial charge on any atom is 0.271 e. The van der Waals surface area contributed by atoms with Gasteiger partial charge in [0.15, 0.2) is 4.80 Å². The number of fused-ring (bicyclic) bond motifs is 4. The summed E-state index contributed by atoms with van der Waals surface area (Å²) in [6.45, 7) is 0.589. The van der Waals surface area contributed by atoms with Crippen molar-refractivity contribution in [2.45, 2.75) is 25.4 Å². The van der Waals surface area contributed by atoms with E-state index in [1.165, 1.54) is 28.0 Å². The molecule has 1 aliphatic carbocycles. The average molecular weight is 619 g/mol. The van der Waals surface area contributed by atoms with Crippen molar-refractivity contribution in [3.63, 3.8) is 0 Å². The van der Waals surface area contributed by atoms with Crippen molar-refractivity contribution in [2.75, 3.05) is 0 Å². The number of aryl methyl sites for hydroxylation is 1. The molecule has 2 aliphatic rings. The van der Waals surface area contributed by atoms with Crippen LogP contribution in [0.25, 0.3) is 22.7 Å². The van der Waals surface area contributed by atoms with Crippen molar-refractivity contribution in [1.29, 1.82) is 0 Å². The Morgan fingerprint density at radius 2 is 1.70 bits per heavy atom. The number of allylic oxidation sites excluding steroid dienone is 1. The van der Waals surface area contributed by atoms with Crippen LogP contribution in [0.4, 0.5) is 0 Å². The summed E-state index contributed by atoms with van der Waals surface area (Å²) in [5, 5.41) is 2.32. The van der Waals surface area contributed by atoms with Crippen LogP contribution in [0.3, 0.4) is 0 Å². The predicted octanol–water partition coefficient (Wildman–Crippen LogP) is 7.63. The summed E-state index contributed by atoms with van der Waals surface area (Å²) >= 11 is 14.1. The maximum atomic E-state index is 14.3. The van der Waals surface area contributed by atoms with E-state index < -0.39 is 0 Å². The van der Waals surface area contributed by atoms with Crippen LogP contribution in [0.2, 0.25) is 10.0 Å². The first kappa shape index (κ1) is 26.5. The predicted molar refractivity (Wildman–Crippen MR) is 177 cm³/mol. The van der Waals surface area contributed by atoms with Crippen molar-refractivity contribution >= 4 is 57.2 Å². The molecular weight excluding hydrogens is 593 g/mol. The normalized spacial score (nSPS) is 16.1. The van der Waals surface area contributed by atoms with E-state index in [9.17, 15) is 4.79 Å². The van der Waals surface area contributed by atoms with E-state index in [0.29, 0.717) is 21.1 Å². The summed E-state index contributed by atoms with van der Waals surface area (Å²) in [4.78, 5) is 20.1. The fourth-order valence-corrected chi connectivity index (χ4v) is 7.91. The minimum atomic E-state index is -0.184. The second kappa shape index (κ2) is 10.5. The van der Waals surface area contributed by atoms with Crippen molar-refractivity contribution < 1.29 is 0 Å². The zero-order chi connectivity index (χ0) is 29.1. The van der Waals surface area contributed by atoms with Gasteiger partial charge in [-0.2, -0.15) is 0 Å². The summed E-state index contributed by atoms with van der Waals surface area (Å²) in [6.07, 6.45) is 5.93. The van der Waals surface area contributed by atoms with Crippen LogP contribution < -0.4 is 14.9 Å². The first-order chi connectivity index (χ1) is 21.0. The number of aromatic nitrogens is 2. The highest BCUT2D eigenvalue weighted by Crippen LogP contribution is 2.41. The Hall–Kier alpha value is -4.16. The summed E-state index contributed by atoms with van der Waals surface area (Å²) in [5.41, 5.74) is 8.83. The summed E-state index contributed by atoms with van der Waals surface area (Å²) in [6, 6.07) is 32.5. The molecule has 210 valence electrons. The number of para-hydroxylation sites is 1. The van der Waals surface area contributed by atoms with Gasteiger partial charge in [0.05, 0.1) is 16.3 Å². The minimum Gasteiger partial charge on any atom is -0.342 e. The molecule has 8 rings (SSSR count). The van der Waals surface area contributed by atoms with Gasteiger partial charge in [-0.05, 0) is 59.4 Å². The zero-order valence-corrected chi connectivity index (χ0v) is 25.3. The number of nitrogens with zero attached hydrogens (tertiary/aromatic N) is 3. The van der Waals surface area contributed by atoms with Crippen LogP contribution in [0.5, 0.6) is 0 Å². The molecule has 0 amide bonds. The summed E-state index contributed by atoms with van der Waals surface area (Å²) in [5.74, 6) is 0. The van der Waals surface area contributed by atoms with Gasteiger partial charge in [-0.1, -0.05) is 113 Å². The minimum absolute atomic E-state index is 0.0133. The molecule has 4 aromatic carbocycles. The molecule has 43 heavy (non-hydrogen) atoms. The molecule has 0 unspecified atom stereocenters. The monoisotopic (exact) mass is 617 g/mol. The number of hydrogen-bond donors (Lipinski definition) is 0. The Labute approximate surface area is 262 Å². The molecule has 0 fully saturated rings. The number of hydrogen-bond acceptors (Lipinski definition) is 3. The van der Waals surface area contributed by atoms with Crippen molar-refractivity contribution in [2.24, 2.45) is 4.99 Å². The summed E-state index contributed by atoms with van der Waals surface area (Å²) < 4.78 is 4.75. The van der Waals surface area contributed by atoms with Gasteiger partial charge in [0.25, 0.3) is 5.56 Å². The average Bonchev–Trinajstić information content (AvgIpc) is 3.54. The smallest absolute Gasteiger partial charge is 0.271 e. The Kier molecular flexibility index (Phi) is 6.48. The molecule has 1 aliphatic heterocycles. The van der Waals surface area contributed by atoms with Crippen LogP contribution >= 0.6 is 34.5 Å². The highest BCUT2D eigenvalue weighted by Gasteiger charge is 2.32. The molecule has 4 nitrogen and oxygen atoms in total. The third kappa shape index (κ3) is 4.51. The number of rotatable bonds is 4. The number of thiazole rings is 1. The van der Waals surface area contributed by atoms with Gasteiger partial charge in [0.1, 0.15) is 0 Å². The first-order valence-electron chi connectivity index (χ1n) is 14.2. The lowest BCUT2D eigenvalue weighted by Gasteiger charge is -2.30. The van der Waals surface area contributed by atoms with Crippen LogP contribution in [0.15, 0.2) is 119 Å². The second-order valence-corrected chi connectivity index (χ2v) is 12.8. The van der Waals surface area contributed by atoms with Gasteiger partial charge in [-0.25, -0.2) is 4.99 Å². The van der Waals surface area contributed by atoms with E-state index in [0.717, 1.165) is 50.9 Å². The molecular formula is C36H25Cl2N3OS. The molecule has 0 saturated carbocycles. The van der Waals surface area contributed by atoms with E-state index >= 15 is 0 Å². The lowest BCUT2D eigenvalue weighted by atomic mass is 9.83. The molecule has 2 aromatic heterocycles. The highest BCUT2D eigenvalue weighted by molar-refractivity contribution is 7.07. The van der Waals surface area contributed by atoms with Crippen LogP contribution in [0.1, 0.15) is 40.3 Å². The van der Waals surface area contributed by atoms with E-state index in [-0.39, 0.29) is 11.6 Å².